The van der Waals surface area contributed by atoms with Crippen LogP contribution in [0.4, 0.5) is 5.69 Å². The van der Waals surface area contributed by atoms with Gasteiger partial charge >= 0.3 is 5.97 Å². The van der Waals surface area contributed by atoms with Gasteiger partial charge in [0.25, 0.3) is 0 Å². The van der Waals surface area contributed by atoms with Crippen molar-refractivity contribution in [1.82, 2.24) is 9.88 Å². The second-order valence-electron chi connectivity index (χ2n) is 17.0. The normalized spacial score (nSPS) is 28.0. The molecule has 1 saturated heterocycles. The van der Waals surface area contributed by atoms with E-state index in [4.69, 9.17) is 32.7 Å². The van der Waals surface area contributed by atoms with Gasteiger partial charge in [-0.2, -0.15) is 0 Å². The SMILES string of the molecule is C[C@@H](COc1ccnc2c1[C@H](C)CCC2)CC1Cc2cc(Cl)c(OCCN3CC4(CCC4)C3)cc2C12CCC(Nc1cccc(Cl)c1)(C(=O)O)CC2. The molecule has 3 aromatic rings. The zero-order chi connectivity index (χ0) is 36.1. The van der Waals surface area contributed by atoms with Crippen LogP contribution in [0.3, 0.4) is 0 Å². The van der Waals surface area contributed by atoms with Gasteiger partial charge in [-0.1, -0.05) is 49.5 Å². The maximum Gasteiger partial charge on any atom is 0.329 e. The second-order valence-corrected chi connectivity index (χ2v) is 17.9. The third-order valence-electron chi connectivity index (χ3n) is 13.5. The first-order valence-electron chi connectivity index (χ1n) is 19.6. The number of carboxylic acid groups (broad SMARTS) is 1. The van der Waals surface area contributed by atoms with Crippen molar-refractivity contribution in [3.05, 3.63) is 81.1 Å². The highest BCUT2D eigenvalue weighted by Crippen LogP contribution is 2.57. The summed E-state index contributed by atoms with van der Waals surface area (Å²) in [4.78, 5) is 20.2. The molecule has 278 valence electrons. The molecule has 7 nitrogen and oxygen atoms in total. The number of pyridine rings is 1. The molecule has 2 spiro atoms. The molecular weight excluding hydrogens is 693 g/mol. The Bertz CT molecular complexity index is 1790. The van der Waals surface area contributed by atoms with E-state index in [1.807, 2.05) is 36.5 Å². The van der Waals surface area contributed by atoms with Crippen LogP contribution in [0.25, 0.3) is 0 Å². The number of fused-ring (bicyclic) bond motifs is 3. The first-order valence-corrected chi connectivity index (χ1v) is 20.4. The molecule has 3 atom stereocenters. The number of nitrogens with zero attached hydrogens (tertiary/aromatic N) is 2. The third-order valence-corrected chi connectivity index (χ3v) is 14.1. The summed E-state index contributed by atoms with van der Waals surface area (Å²) in [6, 6.07) is 13.8. The summed E-state index contributed by atoms with van der Waals surface area (Å²) < 4.78 is 13.0. The van der Waals surface area contributed by atoms with Crippen molar-refractivity contribution in [2.75, 3.05) is 38.2 Å². The fourth-order valence-electron chi connectivity index (χ4n) is 10.6. The first-order chi connectivity index (χ1) is 25.1. The van der Waals surface area contributed by atoms with Crippen LogP contribution in [-0.4, -0.2) is 59.3 Å². The maximum atomic E-state index is 13.0. The lowest BCUT2D eigenvalue weighted by atomic mass is 9.59. The van der Waals surface area contributed by atoms with E-state index >= 15 is 0 Å². The molecule has 4 aliphatic carbocycles. The first kappa shape index (κ1) is 36.0. The van der Waals surface area contributed by atoms with Gasteiger partial charge in [-0.15, -0.1) is 0 Å². The molecule has 2 aromatic carbocycles. The zero-order valence-corrected chi connectivity index (χ0v) is 32.2. The number of aromatic nitrogens is 1. The predicted octanol–water partition coefficient (Wildman–Crippen LogP) is 9.72. The van der Waals surface area contributed by atoms with Crippen molar-refractivity contribution >= 4 is 34.9 Å². The monoisotopic (exact) mass is 745 g/mol. The van der Waals surface area contributed by atoms with Gasteiger partial charge in [-0.25, -0.2) is 4.79 Å². The highest BCUT2D eigenvalue weighted by atomic mass is 35.5. The standard InChI is InChI=1S/C43H53Cl2N3O4/c1-28(25-52-37-10-17-46-36-9-3-6-29(2)39(36)37)20-31-21-30-22-35(45)38(51-19-18-48-26-41(27-48)11-5-12-41)24-34(30)42(31)13-15-43(16-14-42,40(49)50)47-33-8-4-7-32(44)23-33/h4,7-8,10,17,22-24,28-29,31,47H,3,5-6,9,11-16,18-21,25-27H2,1-2H3,(H,49,50)/t28-,29-,31?,42?,43?/m1/s1. The quantitative estimate of drug-likeness (QED) is 0.191. The minimum Gasteiger partial charge on any atom is -0.493 e. The summed E-state index contributed by atoms with van der Waals surface area (Å²) >= 11 is 13.2. The molecule has 2 N–H and O–H groups in total. The van der Waals surface area contributed by atoms with E-state index in [-0.39, 0.29) is 5.41 Å². The minimum absolute atomic E-state index is 0.181. The zero-order valence-electron chi connectivity index (χ0n) is 30.7. The summed E-state index contributed by atoms with van der Waals surface area (Å²) in [7, 11) is 0. The number of hydrogen-bond donors (Lipinski definition) is 2. The number of likely N-dealkylation sites (tertiary alicyclic amines) is 1. The van der Waals surface area contributed by atoms with Crippen LogP contribution in [0.2, 0.25) is 10.0 Å². The molecule has 1 unspecified atom stereocenters. The van der Waals surface area contributed by atoms with Crippen molar-refractivity contribution in [2.45, 2.75) is 108 Å². The maximum absolute atomic E-state index is 13.0. The van der Waals surface area contributed by atoms with Crippen molar-refractivity contribution in [2.24, 2.45) is 17.3 Å². The molecule has 9 heteroatoms. The summed E-state index contributed by atoms with van der Waals surface area (Å²) in [5.41, 5.74) is 5.11. The van der Waals surface area contributed by atoms with Gasteiger partial charge in [0.15, 0.2) is 0 Å². The summed E-state index contributed by atoms with van der Waals surface area (Å²) in [6.45, 7) is 9.13. The number of aliphatic carboxylic acids is 1. The Morgan fingerprint density at radius 1 is 1.04 bits per heavy atom. The van der Waals surface area contributed by atoms with Gasteiger partial charge in [-0.3, -0.25) is 9.88 Å². The molecule has 8 rings (SSSR count). The highest BCUT2D eigenvalue weighted by Gasteiger charge is 2.54. The van der Waals surface area contributed by atoms with E-state index in [0.29, 0.717) is 59.3 Å². The second kappa shape index (κ2) is 14.3. The van der Waals surface area contributed by atoms with Gasteiger partial charge in [0.05, 0.1) is 11.6 Å². The molecule has 1 aromatic heterocycles. The predicted molar refractivity (Wildman–Crippen MR) is 207 cm³/mol. The van der Waals surface area contributed by atoms with Gasteiger partial charge in [-0.05, 0) is 147 Å². The topological polar surface area (TPSA) is 83.9 Å². The highest BCUT2D eigenvalue weighted by molar-refractivity contribution is 6.32. The Morgan fingerprint density at radius 3 is 2.58 bits per heavy atom. The van der Waals surface area contributed by atoms with Gasteiger partial charge < -0.3 is 19.9 Å². The average molecular weight is 747 g/mol. The fraction of sp³-hybridized carbons (Fsp3) is 0.581. The number of aryl methyl sites for hydroxylation is 1. The van der Waals surface area contributed by atoms with Crippen LogP contribution in [0.15, 0.2) is 48.7 Å². The molecule has 1 aliphatic heterocycles. The van der Waals surface area contributed by atoms with Gasteiger partial charge in [0, 0.05) is 47.8 Å². The van der Waals surface area contributed by atoms with Crippen molar-refractivity contribution in [3.8, 4) is 11.5 Å². The fourth-order valence-corrected chi connectivity index (χ4v) is 11.0. The summed E-state index contributed by atoms with van der Waals surface area (Å²) in [5.74, 6) is 2.01. The molecule has 0 radical (unpaired) electrons. The van der Waals surface area contributed by atoms with Crippen molar-refractivity contribution in [1.29, 1.82) is 0 Å². The van der Waals surface area contributed by atoms with E-state index < -0.39 is 11.5 Å². The number of halogens is 2. The number of ether oxygens (including phenoxy) is 2. The molecule has 2 heterocycles. The van der Waals surface area contributed by atoms with Gasteiger partial charge in [0.1, 0.15) is 23.6 Å². The Hall–Kier alpha value is -3.00. The number of carboxylic acids is 1. The number of hydrogen-bond acceptors (Lipinski definition) is 6. The Labute approximate surface area is 318 Å². The Balaban J connectivity index is 1.02. The minimum atomic E-state index is -1.07. The van der Waals surface area contributed by atoms with Crippen LogP contribution >= 0.6 is 23.2 Å². The third kappa shape index (κ3) is 6.79. The Morgan fingerprint density at radius 2 is 1.85 bits per heavy atom. The largest absolute Gasteiger partial charge is 0.493 e. The molecule has 3 fully saturated rings. The summed E-state index contributed by atoms with van der Waals surface area (Å²) in [6.07, 6.45) is 13.8. The Kier molecular flexibility index (Phi) is 9.93. The average Bonchev–Trinajstić information content (AvgIpc) is 3.35. The molecule has 0 bridgehead atoms. The molecule has 0 amide bonds. The summed E-state index contributed by atoms with van der Waals surface area (Å²) in [5, 5.41) is 15.3. The molecule has 52 heavy (non-hydrogen) atoms. The molecule has 2 saturated carbocycles. The van der Waals surface area contributed by atoms with Gasteiger partial charge in [0.2, 0.25) is 0 Å². The van der Waals surface area contributed by atoms with Crippen molar-refractivity contribution < 1.29 is 19.4 Å². The lowest BCUT2D eigenvalue weighted by Crippen LogP contribution is -2.60. The number of rotatable bonds is 12. The van der Waals surface area contributed by atoms with E-state index in [1.54, 1.807) is 0 Å². The van der Waals surface area contributed by atoms with Crippen LogP contribution in [0, 0.1) is 17.3 Å². The van der Waals surface area contributed by atoms with E-state index in [0.717, 1.165) is 55.8 Å². The lowest BCUT2D eigenvalue weighted by molar-refractivity contribution is -0.144. The van der Waals surface area contributed by atoms with Crippen LogP contribution < -0.4 is 14.8 Å². The smallest absolute Gasteiger partial charge is 0.329 e. The van der Waals surface area contributed by atoms with Crippen LogP contribution in [0.5, 0.6) is 11.5 Å². The molecule has 5 aliphatic rings. The van der Waals surface area contributed by atoms with E-state index in [9.17, 15) is 9.90 Å². The molecular formula is C43H53Cl2N3O4. The number of nitrogens with one attached hydrogen (secondary N) is 1. The number of anilines is 1. The van der Waals surface area contributed by atoms with Crippen LogP contribution in [-0.2, 0) is 23.1 Å². The number of benzene rings is 2. The number of carbonyl (C=O) groups is 1. The van der Waals surface area contributed by atoms with Crippen LogP contribution in [0.1, 0.15) is 106 Å². The van der Waals surface area contributed by atoms with E-state index in [1.165, 1.54) is 67.6 Å². The lowest BCUT2D eigenvalue weighted by Gasteiger charge is -2.56. The van der Waals surface area contributed by atoms with E-state index in [2.05, 4.69) is 41.2 Å². The van der Waals surface area contributed by atoms with Crippen molar-refractivity contribution in [3.63, 3.8) is 0 Å².